The number of hydrogen-bond acceptors (Lipinski definition) is 4. The van der Waals surface area contributed by atoms with Crippen LogP contribution in [0.1, 0.15) is 12.5 Å². The first-order valence-corrected chi connectivity index (χ1v) is 6.06. The normalized spacial score (nSPS) is 14.3. The summed E-state index contributed by atoms with van der Waals surface area (Å²) < 4.78 is 10.4. The molecule has 0 spiro atoms. The molecule has 106 valence electrons. The highest BCUT2D eigenvalue weighted by Crippen LogP contribution is 2.32. The van der Waals surface area contributed by atoms with E-state index in [1.165, 1.54) is 20.0 Å². The van der Waals surface area contributed by atoms with Crippen LogP contribution in [0.15, 0.2) is 24.3 Å². The van der Waals surface area contributed by atoms with E-state index in [0.29, 0.717) is 11.5 Å². The van der Waals surface area contributed by atoms with Crippen molar-refractivity contribution in [3.05, 3.63) is 29.8 Å². The molecule has 1 unspecified atom stereocenters. The number of carboxylic acid groups (broad SMARTS) is 1. The predicted octanol–water partition coefficient (Wildman–Crippen LogP) is 1.36. The molecule has 1 aromatic rings. The zero-order valence-electron chi connectivity index (χ0n) is 11.2. The Morgan fingerprint density at radius 2 is 2.05 bits per heavy atom. The Bertz CT molecular complexity index is 567. The number of carbonyl (C=O) groups is 2. The Morgan fingerprint density at radius 1 is 1.35 bits per heavy atom. The van der Waals surface area contributed by atoms with Gasteiger partial charge >= 0.3 is 5.97 Å². The molecule has 20 heavy (non-hydrogen) atoms. The van der Waals surface area contributed by atoms with Crippen molar-refractivity contribution in [3.63, 3.8) is 0 Å². The first-order valence-electron chi connectivity index (χ1n) is 6.06. The number of hydrogen-bond donors (Lipinski definition) is 1. The van der Waals surface area contributed by atoms with Crippen LogP contribution in [-0.4, -0.2) is 41.8 Å². The fraction of sp³-hybridized carbons (Fsp3) is 0.286. The molecule has 0 aromatic heterocycles. The molecule has 0 saturated heterocycles. The second-order valence-electron chi connectivity index (χ2n) is 4.41. The van der Waals surface area contributed by atoms with E-state index in [9.17, 15) is 9.59 Å². The molecule has 6 heteroatoms. The van der Waals surface area contributed by atoms with Crippen LogP contribution >= 0.6 is 0 Å². The summed E-state index contributed by atoms with van der Waals surface area (Å²) in [5.41, 5.74) is 0.777. The maximum Gasteiger partial charge on any atom is 0.326 e. The van der Waals surface area contributed by atoms with E-state index in [1.54, 1.807) is 24.3 Å². The Labute approximate surface area is 116 Å². The minimum Gasteiger partial charge on any atom is -0.480 e. The summed E-state index contributed by atoms with van der Waals surface area (Å²) in [5, 5.41) is 8.84. The van der Waals surface area contributed by atoms with Crippen LogP contribution in [-0.2, 0) is 9.59 Å². The zero-order chi connectivity index (χ0) is 14.7. The smallest absolute Gasteiger partial charge is 0.326 e. The highest BCUT2D eigenvalue weighted by Gasteiger charge is 2.19. The average Bonchev–Trinajstić information content (AvgIpc) is 2.90. The summed E-state index contributed by atoms with van der Waals surface area (Å²) in [5.74, 6) is -0.119. The van der Waals surface area contributed by atoms with Crippen LogP contribution in [0.25, 0.3) is 6.08 Å². The van der Waals surface area contributed by atoms with Gasteiger partial charge in [0.15, 0.2) is 11.5 Å². The fourth-order valence-corrected chi connectivity index (χ4v) is 1.66. The quantitative estimate of drug-likeness (QED) is 0.841. The summed E-state index contributed by atoms with van der Waals surface area (Å²) in [6.07, 6.45) is 2.94. The SMILES string of the molecule is CC(C(=O)O)N(C)C(=O)/C=C/c1ccc2c(c1)OCO2. The van der Waals surface area contributed by atoms with Gasteiger partial charge in [-0.1, -0.05) is 6.07 Å². The van der Waals surface area contributed by atoms with Crippen molar-refractivity contribution in [1.29, 1.82) is 0 Å². The average molecular weight is 277 g/mol. The number of nitrogens with zero attached hydrogens (tertiary/aromatic N) is 1. The van der Waals surface area contributed by atoms with Crippen molar-refractivity contribution in [2.75, 3.05) is 13.8 Å². The Morgan fingerprint density at radius 3 is 2.75 bits per heavy atom. The summed E-state index contributed by atoms with van der Waals surface area (Å²) in [6.45, 7) is 1.65. The number of rotatable bonds is 4. The van der Waals surface area contributed by atoms with Crippen molar-refractivity contribution >= 4 is 18.0 Å². The summed E-state index contributed by atoms with van der Waals surface area (Å²) in [6, 6.07) is 4.43. The standard InChI is InChI=1S/C14H15NO5/c1-9(14(17)18)15(2)13(16)6-4-10-3-5-11-12(7-10)20-8-19-11/h3-7,9H,8H2,1-2H3,(H,17,18)/b6-4+. The Hall–Kier alpha value is -2.50. The molecule has 1 amide bonds. The molecule has 6 nitrogen and oxygen atoms in total. The van der Waals surface area contributed by atoms with E-state index in [4.69, 9.17) is 14.6 Å². The van der Waals surface area contributed by atoms with Gasteiger partial charge in [-0.05, 0) is 30.7 Å². The minimum absolute atomic E-state index is 0.195. The van der Waals surface area contributed by atoms with Gasteiger partial charge in [0.1, 0.15) is 6.04 Å². The number of amides is 1. The van der Waals surface area contributed by atoms with E-state index in [1.807, 2.05) is 0 Å². The van der Waals surface area contributed by atoms with Crippen LogP contribution in [0.3, 0.4) is 0 Å². The first-order chi connectivity index (χ1) is 9.49. The molecule has 0 saturated carbocycles. The molecule has 2 rings (SSSR count). The van der Waals surface area contributed by atoms with Gasteiger partial charge in [-0.2, -0.15) is 0 Å². The predicted molar refractivity (Wildman–Crippen MR) is 71.5 cm³/mol. The van der Waals surface area contributed by atoms with Gasteiger partial charge in [-0.15, -0.1) is 0 Å². The van der Waals surface area contributed by atoms with Crippen molar-refractivity contribution in [1.82, 2.24) is 4.90 Å². The van der Waals surface area contributed by atoms with Crippen molar-refractivity contribution in [2.24, 2.45) is 0 Å². The number of carbonyl (C=O) groups excluding carboxylic acids is 1. The molecule has 1 atom stereocenters. The van der Waals surface area contributed by atoms with Crippen molar-refractivity contribution in [3.8, 4) is 11.5 Å². The molecule has 1 aliphatic heterocycles. The Balaban J connectivity index is 2.05. The van der Waals surface area contributed by atoms with Gasteiger partial charge in [-0.3, -0.25) is 4.79 Å². The van der Waals surface area contributed by atoms with E-state index < -0.39 is 12.0 Å². The van der Waals surface area contributed by atoms with Crippen LogP contribution in [0.4, 0.5) is 0 Å². The minimum atomic E-state index is -1.04. The highest BCUT2D eigenvalue weighted by atomic mass is 16.7. The molecular weight excluding hydrogens is 262 g/mol. The van der Waals surface area contributed by atoms with E-state index in [2.05, 4.69) is 0 Å². The lowest BCUT2D eigenvalue weighted by Gasteiger charge is -2.19. The monoisotopic (exact) mass is 277 g/mol. The zero-order valence-corrected chi connectivity index (χ0v) is 11.2. The van der Waals surface area contributed by atoms with Crippen LogP contribution in [0.5, 0.6) is 11.5 Å². The topological polar surface area (TPSA) is 76.1 Å². The van der Waals surface area contributed by atoms with E-state index in [0.717, 1.165) is 10.5 Å². The first kappa shape index (κ1) is 13.9. The number of benzene rings is 1. The fourth-order valence-electron chi connectivity index (χ4n) is 1.66. The summed E-state index contributed by atoms with van der Waals surface area (Å²) in [4.78, 5) is 23.8. The second kappa shape index (κ2) is 5.64. The lowest BCUT2D eigenvalue weighted by atomic mass is 10.2. The number of carboxylic acids is 1. The second-order valence-corrected chi connectivity index (χ2v) is 4.41. The third-order valence-electron chi connectivity index (χ3n) is 3.10. The van der Waals surface area contributed by atoms with Crippen LogP contribution in [0.2, 0.25) is 0 Å². The number of aliphatic carboxylic acids is 1. The maximum atomic E-state index is 11.8. The highest BCUT2D eigenvalue weighted by molar-refractivity contribution is 5.94. The third kappa shape index (κ3) is 2.90. The Kier molecular flexibility index (Phi) is 3.93. The molecule has 0 bridgehead atoms. The summed E-state index contributed by atoms with van der Waals surface area (Å²) in [7, 11) is 1.45. The van der Waals surface area contributed by atoms with Crippen LogP contribution < -0.4 is 9.47 Å². The molecule has 1 N–H and O–H groups in total. The number of ether oxygens (including phenoxy) is 2. The maximum absolute atomic E-state index is 11.8. The molecule has 1 heterocycles. The number of likely N-dealkylation sites (N-methyl/N-ethyl adjacent to an activating group) is 1. The summed E-state index contributed by atoms with van der Waals surface area (Å²) >= 11 is 0. The van der Waals surface area contributed by atoms with Gasteiger partial charge in [0.2, 0.25) is 12.7 Å². The lowest BCUT2D eigenvalue weighted by Crippen LogP contribution is -2.39. The van der Waals surface area contributed by atoms with Gasteiger partial charge in [-0.25, -0.2) is 4.79 Å². The van der Waals surface area contributed by atoms with Gasteiger partial charge < -0.3 is 19.5 Å². The molecule has 1 aliphatic rings. The van der Waals surface area contributed by atoms with Crippen molar-refractivity contribution < 1.29 is 24.2 Å². The van der Waals surface area contributed by atoms with Crippen molar-refractivity contribution in [2.45, 2.75) is 13.0 Å². The van der Waals surface area contributed by atoms with Gasteiger partial charge in [0.25, 0.3) is 0 Å². The molecule has 0 aliphatic carbocycles. The van der Waals surface area contributed by atoms with Crippen LogP contribution in [0, 0.1) is 0 Å². The third-order valence-corrected chi connectivity index (χ3v) is 3.10. The molecule has 0 fully saturated rings. The van der Waals surface area contributed by atoms with E-state index >= 15 is 0 Å². The molecule has 1 aromatic carbocycles. The van der Waals surface area contributed by atoms with Gasteiger partial charge in [0, 0.05) is 13.1 Å². The molecule has 0 radical (unpaired) electrons. The van der Waals surface area contributed by atoms with Gasteiger partial charge in [0.05, 0.1) is 0 Å². The number of fused-ring (bicyclic) bond motifs is 1. The van der Waals surface area contributed by atoms with E-state index in [-0.39, 0.29) is 12.7 Å². The largest absolute Gasteiger partial charge is 0.480 e. The lowest BCUT2D eigenvalue weighted by molar-refractivity contribution is -0.146. The molecular formula is C14H15NO5.